The Morgan fingerprint density at radius 3 is 2.65 bits per heavy atom. The summed E-state index contributed by atoms with van der Waals surface area (Å²) in [6, 6.07) is 16.4. The predicted molar refractivity (Wildman–Crippen MR) is 89.5 cm³/mol. The van der Waals surface area contributed by atoms with Crippen LogP contribution in [-0.4, -0.2) is 12.0 Å². The molecule has 3 atom stereocenters. The maximum atomic E-state index is 12.8. The molecule has 2 aromatic carbocycles. The first kappa shape index (κ1) is 14.3. The molecule has 3 unspecified atom stereocenters. The molecule has 23 heavy (non-hydrogen) atoms. The van der Waals surface area contributed by atoms with E-state index in [0.717, 1.165) is 30.6 Å². The van der Waals surface area contributed by atoms with E-state index in [1.807, 2.05) is 30.3 Å². The maximum absolute atomic E-state index is 12.8. The van der Waals surface area contributed by atoms with Crippen molar-refractivity contribution >= 4 is 5.91 Å². The molecule has 1 N–H and O–H groups in total. The molecule has 3 heteroatoms. The number of benzene rings is 2. The molecule has 0 fully saturated rings. The van der Waals surface area contributed by atoms with Gasteiger partial charge in [-0.2, -0.15) is 0 Å². The fraction of sp³-hybridized carbons (Fsp3) is 0.350. The summed E-state index contributed by atoms with van der Waals surface area (Å²) in [4.78, 5) is 12.8. The van der Waals surface area contributed by atoms with Crippen LogP contribution in [0.15, 0.2) is 48.5 Å². The zero-order chi connectivity index (χ0) is 15.8. The Hall–Kier alpha value is -2.29. The summed E-state index contributed by atoms with van der Waals surface area (Å²) in [5.74, 6) is 0.921. The maximum Gasteiger partial charge on any atom is 0.262 e. The third-order valence-corrected chi connectivity index (χ3v) is 5.06. The highest BCUT2D eigenvalue weighted by molar-refractivity contribution is 5.84. The lowest BCUT2D eigenvalue weighted by Gasteiger charge is -2.28. The molecule has 0 aromatic heterocycles. The predicted octanol–water partition coefficient (Wildman–Crippen LogP) is 3.74. The number of aryl methyl sites for hydroxylation is 1. The number of fused-ring (bicyclic) bond motifs is 2. The number of nitrogens with one attached hydrogen (secondary N) is 1. The summed E-state index contributed by atoms with van der Waals surface area (Å²) in [5, 5.41) is 3.22. The third kappa shape index (κ3) is 2.50. The highest BCUT2D eigenvalue weighted by Gasteiger charge is 2.37. The molecular weight excluding hydrogens is 286 g/mol. The van der Waals surface area contributed by atoms with E-state index in [1.54, 1.807) is 0 Å². The van der Waals surface area contributed by atoms with Crippen LogP contribution >= 0.6 is 0 Å². The van der Waals surface area contributed by atoms with Gasteiger partial charge in [-0.1, -0.05) is 49.4 Å². The summed E-state index contributed by atoms with van der Waals surface area (Å²) in [6.07, 6.45) is 2.78. The number of hydrogen-bond donors (Lipinski definition) is 1. The number of rotatable bonds is 2. The van der Waals surface area contributed by atoms with E-state index in [9.17, 15) is 4.79 Å². The molecular formula is C20H21NO2. The lowest BCUT2D eigenvalue weighted by molar-refractivity contribution is -0.128. The van der Waals surface area contributed by atoms with Gasteiger partial charge in [0.2, 0.25) is 0 Å². The molecule has 4 rings (SSSR count). The van der Waals surface area contributed by atoms with Crippen LogP contribution in [0.1, 0.15) is 48.4 Å². The van der Waals surface area contributed by atoms with Gasteiger partial charge in [0.05, 0.1) is 6.04 Å². The average Bonchev–Trinajstić information content (AvgIpc) is 2.93. The molecule has 0 saturated heterocycles. The van der Waals surface area contributed by atoms with Crippen LogP contribution in [0, 0.1) is 0 Å². The van der Waals surface area contributed by atoms with Crippen molar-refractivity contribution in [1.82, 2.24) is 5.32 Å². The van der Waals surface area contributed by atoms with E-state index < -0.39 is 6.10 Å². The van der Waals surface area contributed by atoms with Crippen molar-refractivity contribution in [3.63, 3.8) is 0 Å². The molecule has 1 aliphatic carbocycles. The van der Waals surface area contributed by atoms with Gasteiger partial charge < -0.3 is 10.1 Å². The molecule has 3 nitrogen and oxygen atoms in total. The summed E-state index contributed by atoms with van der Waals surface area (Å²) in [5.41, 5.74) is 3.74. The second-order valence-corrected chi connectivity index (χ2v) is 6.52. The number of carbonyl (C=O) groups is 1. The van der Waals surface area contributed by atoms with Gasteiger partial charge in [0.15, 0.2) is 6.10 Å². The topological polar surface area (TPSA) is 38.3 Å². The molecule has 118 valence electrons. The van der Waals surface area contributed by atoms with E-state index in [4.69, 9.17) is 4.74 Å². The first-order valence-corrected chi connectivity index (χ1v) is 8.38. The summed E-state index contributed by atoms with van der Waals surface area (Å²) in [6.45, 7) is 2.06. The molecule has 2 aromatic rings. The van der Waals surface area contributed by atoms with Gasteiger partial charge in [0.1, 0.15) is 5.75 Å². The number of ether oxygens (including phenoxy) is 1. The van der Waals surface area contributed by atoms with Gasteiger partial charge in [0, 0.05) is 11.5 Å². The van der Waals surface area contributed by atoms with Crippen molar-refractivity contribution in [1.29, 1.82) is 0 Å². The van der Waals surface area contributed by atoms with Gasteiger partial charge in [-0.05, 0) is 36.5 Å². The van der Waals surface area contributed by atoms with Gasteiger partial charge >= 0.3 is 0 Å². The Morgan fingerprint density at radius 1 is 1.09 bits per heavy atom. The Kier molecular flexibility index (Phi) is 3.56. The highest BCUT2D eigenvalue weighted by atomic mass is 16.5. The molecule has 2 aliphatic rings. The smallest absolute Gasteiger partial charge is 0.262 e. The van der Waals surface area contributed by atoms with Crippen LogP contribution in [0.2, 0.25) is 0 Å². The molecule has 0 saturated carbocycles. The molecule has 1 heterocycles. The average molecular weight is 307 g/mol. The Labute approximate surface area is 136 Å². The number of para-hydroxylation sites is 1. The van der Waals surface area contributed by atoms with Crippen molar-refractivity contribution < 1.29 is 9.53 Å². The van der Waals surface area contributed by atoms with Crippen molar-refractivity contribution in [3.8, 4) is 5.75 Å². The minimum atomic E-state index is -0.429. The lowest BCUT2D eigenvalue weighted by atomic mass is 9.87. The van der Waals surface area contributed by atoms with Gasteiger partial charge in [0.25, 0.3) is 5.91 Å². The monoisotopic (exact) mass is 307 g/mol. The van der Waals surface area contributed by atoms with Crippen molar-refractivity contribution in [2.75, 3.05) is 0 Å². The van der Waals surface area contributed by atoms with Crippen LogP contribution in [0.5, 0.6) is 5.75 Å². The fourth-order valence-corrected chi connectivity index (χ4v) is 3.80. The number of amides is 1. The number of carbonyl (C=O) groups excluding carboxylic acids is 1. The van der Waals surface area contributed by atoms with Crippen molar-refractivity contribution in [2.45, 2.75) is 44.2 Å². The van der Waals surface area contributed by atoms with E-state index in [2.05, 4.69) is 30.4 Å². The summed E-state index contributed by atoms with van der Waals surface area (Å²) in [7, 11) is 0. The molecule has 0 radical (unpaired) electrons. The van der Waals surface area contributed by atoms with Crippen LogP contribution in [0.4, 0.5) is 0 Å². The van der Waals surface area contributed by atoms with Crippen LogP contribution in [-0.2, 0) is 11.2 Å². The lowest BCUT2D eigenvalue weighted by Crippen LogP contribution is -2.41. The van der Waals surface area contributed by atoms with Crippen LogP contribution < -0.4 is 10.1 Å². The molecule has 0 bridgehead atoms. The third-order valence-electron chi connectivity index (χ3n) is 5.06. The van der Waals surface area contributed by atoms with E-state index in [-0.39, 0.29) is 17.9 Å². The minimum absolute atomic E-state index is 0.00426. The minimum Gasteiger partial charge on any atom is -0.480 e. The Balaban J connectivity index is 1.52. The van der Waals surface area contributed by atoms with Crippen LogP contribution in [0.25, 0.3) is 0 Å². The zero-order valence-electron chi connectivity index (χ0n) is 13.3. The Morgan fingerprint density at radius 2 is 1.83 bits per heavy atom. The second kappa shape index (κ2) is 5.73. The highest BCUT2D eigenvalue weighted by Crippen LogP contribution is 2.38. The van der Waals surface area contributed by atoms with Crippen LogP contribution in [0.3, 0.4) is 0 Å². The molecule has 1 aliphatic heterocycles. The second-order valence-electron chi connectivity index (χ2n) is 6.52. The van der Waals surface area contributed by atoms with E-state index in [1.165, 1.54) is 11.1 Å². The molecule has 1 amide bonds. The van der Waals surface area contributed by atoms with Crippen molar-refractivity contribution in [2.24, 2.45) is 0 Å². The summed E-state index contributed by atoms with van der Waals surface area (Å²) >= 11 is 0. The van der Waals surface area contributed by atoms with Gasteiger partial charge in [-0.25, -0.2) is 0 Å². The van der Waals surface area contributed by atoms with Gasteiger partial charge in [-0.15, -0.1) is 0 Å². The SMILES string of the molecule is CC1c2ccccc2OC1C(=O)NC1CCCc2ccccc21. The van der Waals surface area contributed by atoms with E-state index in [0.29, 0.717) is 0 Å². The quantitative estimate of drug-likeness (QED) is 0.917. The first-order chi connectivity index (χ1) is 11.2. The van der Waals surface area contributed by atoms with E-state index >= 15 is 0 Å². The van der Waals surface area contributed by atoms with Gasteiger partial charge in [-0.3, -0.25) is 4.79 Å². The van der Waals surface area contributed by atoms with Crippen molar-refractivity contribution in [3.05, 3.63) is 65.2 Å². The fourth-order valence-electron chi connectivity index (χ4n) is 3.80. The largest absolute Gasteiger partial charge is 0.480 e. The normalized spacial score (nSPS) is 25.2. The first-order valence-electron chi connectivity index (χ1n) is 8.38. The number of hydrogen-bond acceptors (Lipinski definition) is 2. The summed E-state index contributed by atoms with van der Waals surface area (Å²) < 4.78 is 5.90. The zero-order valence-corrected chi connectivity index (χ0v) is 13.3. The standard InChI is InChI=1S/C20H21NO2/c1-13-15-9-4-5-12-18(15)23-19(13)20(22)21-17-11-6-8-14-7-2-3-10-16(14)17/h2-5,7,9-10,12-13,17,19H,6,8,11H2,1H3,(H,21,22). The molecule has 0 spiro atoms. The Bertz CT molecular complexity index is 740.